The highest BCUT2D eigenvalue weighted by Crippen LogP contribution is 2.32. The zero-order valence-electron chi connectivity index (χ0n) is 15.4. The molecule has 1 atom stereocenters. The molecule has 0 aliphatic heterocycles. The molecule has 0 radical (unpaired) electrons. The lowest BCUT2D eigenvalue weighted by molar-refractivity contribution is 0.226. The van der Waals surface area contributed by atoms with Crippen LogP contribution in [0.3, 0.4) is 0 Å². The molecule has 3 aromatic rings. The van der Waals surface area contributed by atoms with E-state index in [0.29, 0.717) is 28.8 Å². The summed E-state index contributed by atoms with van der Waals surface area (Å²) in [6.45, 7) is 1.91. The number of aliphatic hydroxyl groups excluding tert-OH is 1. The van der Waals surface area contributed by atoms with Gasteiger partial charge in [-0.3, -0.25) is 13.9 Å². The van der Waals surface area contributed by atoms with Gasteiger partial charge < -0.3 is 14.4 Å². The summed E-state index contributed by atoms with van der Waals surface area (Å²) in [7, 11) is 4.71. The smallest absolute Gasteiger partial charge is 0.330 e. The molecule has 0 saturated carbocycles. The molecule has 3 rings (SSSR count). The highest BCUT2D eigenvalue weighted by Gasteiger charge is 2.22. The van der Waals surface area contributed by atoms with Gasteiger partial charge in [0.25, 0.3) is 5.56 Å². The third-order valence-electron chi connectivity index (χ3n) is 4.91. The number of benzene rings is 1. The quantitative estimate of drug-likeness (QED) is 0.753. The summed E-state index contributed by atoms with van der Waals surface area (Å²) < 4.78 is 9.68. The van der Waals surface area contributed by atoms with Crippen molar-refractivity contribution in [1.82, 2.24) is 13.7 Å². The van der Waals surface area contributed by atoms with Crippen molar-refractivity contribution in [3.63, 3.8) is 0 Å². The second-order valence-electron chi connectivity index (χ2n) is 6.32. The highest BCUT2D eigenvalue weighted by molar-refractivity contribution is 5.93. The normalized spacial score (nSPS) is 12.5. The van der Waals surface area contributed by atoms with Gasteiger partial charge in [-0.15, -0.1) is 0 Å². The molecule has 0 spiro atoms. The van der Waals surface area contributed by atoms with Gasteiger partial charge in [-0.05, 0) is 36.2 Å². The zero-order chi connectivity index (χ0) is 19.0. The lowest BCUT2D eigenvalue weighted by Crippen LogP contribution is -2.36. The maximum absolute atomic E-state index is 12.9. The van der Waals surface area contributed by atoms with Crippen molar-refractivity contribution in [3.05, 3.63) is 51.3 Å². The molecule has 0 amide bonds. The van der Waals surface area contributed by atoms with Crippen molar-refractivity contribution in [1.29, 1.82) is 0 Å². The first-order valence-electron chi connectivity index (χ1n) is 8.50. The third-order valence-corrected chi connectivity index (χ3v) is 4.91. The van der Waals surface area contributed by atoms with E-state index in [1.807, 2.05) is 35.8 Å². The maximum atomic E-state index is 12.9. The molecule has 0 aliphatic rings. The standard InChI is InChI=1S/C19H23N3O4/c1-5-13(11-23)22-10-15-16(18(24)21(3)19(25)20(15)2)17(22)12-6-8-14(26-4)9-7-12/h6-10,13,23H,5,11H2,1-4H3/t13-/m0/s1. The number of hydrogen-bond acceptors (Lipinski definition) is 4. The Morgan fingerprint density at radius 1 is 1.12 bits per heavy atom. The van der Waals surface area contributed by atoms with E-state index in [1.165, 1.54) is 11.6 Å². The summed E-state index contributed by atoms with van der Waals surface area (Å²) in [5.74, 6) is 0.714. The molecule has 26 heavy (non-hydrogen) atoms. The number of aryl methyl sites for hydroxylation is 1. The van der Waals surface area contributed by atoms with Crippen LogP contribution >= 0.6 is 0 Å². The minimum absolute atomic E-state index is 0.0606. The van der Waals surface area contributed by atoms with E-state index in [9.17, 15) is 14.7 Å². The van der Waals surface area contributed by atoms with E-state index in [1.54, 1.807) is 20.4 Å². The fourth-order valence-electron chi connectivity index (χ4n) is 3.30. The van der Waals surface area contributed by atoms with E-state index in [-0.39, 0.29) is 23.9 Å². The lowest BCUT2D eigenvalue weighted by Gasteiger charge is -2.18. The molecule has 1 N–H and O–H groups in total. The largest absolute Gasteiger partial charge is 0.497 e. The Balaban J connectivity index is 2.45. The molecule has 0 bridgehead atoms. The van der Waals surface area contributed by atoms with E-state index >= 15 is 0 Å². The summed E-state index contributed by atoms with van der Waals surface area (Å²) in [4.78, 5) is 25.2. The SMILES string of the molecule is CC[C@@H](CO)n1cc2c(c1-c1ccc(OC)cc1)c(=O)n(C)c(=O)n2C. The summed E-state index contributed by atoms with van der Waals surface area (Å²) in [6.07, 6.45) is 2.47. The van der Waals surface area contributed by atoms with Crippen molar-refractivity contribution >= 4 is 10.9 Å². The number of fused-ring (bicyclic) bond motifs is 1. The Kier molecular flexibility index (Phi) is 4.73. The van der Waals surface area contributed by atoms with Gasteiger partial charge in [-0.2, -0.15) is 0 Å². The molecule has 1 aromatic carbocycles. The first kappa shape index (κ1) is 18.0. The van der Waals surface area contributed by atoms with Crippen LogP contribution < -0.4 is 16.0 Å². The minimum Gasteiger partial charge on any atom is -0.497 e. The molecule has 0 unspecified atom stereocenters. The summed E-state index contributed by atoms with van der Waals surface area (Å²) in [5, 5.41) is 10.3. The average Bonchev–Trinajstić information content (AvgIpc) is 3.06. The average molecular weight is 357 g/mol. The van der Waals surface area contributed by atoms with Crippen molar-refractivity contribution in [2.24, 2.45) is 14.1 Å². The van der Waals surface area contributed by atoms with Crippen LogP contribution in [0.5, 0.6) is 5.75 Å². The van der Waals surface area contributed by atoms with E-state index < -0.39 is 0 Å². The number of methoxy groups -OCH3 is 1. The number of ether oxygens (including phenoxy) is 1. The van der Waals surface area contributed by atoms with Crippen LogP contribution in [-0.4, -0.2) is 32.5 Å². The van der Waals surface area contributed by atoms with Gasteiger partial charge in [0.2, 0.25) is 0 Å². The zero-order valence-corrected chi connectivity index (χ0v) is 15.4. The van der Waals surface area contributed by atoms with Gasteiger partial charge in [-0.1, -0.05) is 6.92 Å². The minimum atomic E-state index is -0.377. The third kappa shape index (κ3) is 2.64. The Bertz CT molecular complexity index is 1050. The number of nitrogens with zero attached hydrogens (tertiary/aromatic N) is 3. The molecule has 0 saturated heterocycles. The predicted octanol–water partition coefficient (Wildman–Crippen LogP) is 1.66. The number of hydrogen-bond donors (Lipinski definition) is 1. The lowest BCUT2D eigenvalue weighted by atomic mass is 10.1. The molecule has 0 aliphatic carbocycles. The monoisotopic (exact) mass is 357 g/mol. The molecule has 0 fully saturated rings. The van der Waals surface area contributed by atoms with Crippen LogP contribution in [0.2, 0.25) is 0 Å². The first-order valence-corrected chi connectivity index (χ1v) is 8.50. The van der Waals surface area contributed by atoms with E-state index in [2.05, 4.69) is 0 Å². The van der Waals surface area contributed by atoms with Crippen molar-refractivity contribution < 1.29 is 9.84 Å². The fourth-order valence-corrected chi connectivity index (χ4v) is 3.30. The van der Waals surface area contributed by atoms with Crippen molar-refractivity contribution in [3.8, 4) is 17.0 Å². The predicted molar refractivity (Wildman–Crippen MR) is 101 cm³/mol. The van der Waals surface area contributed by atoms with Gasteiger partial charge in [0, 0.05) is 20.3 Å². The molecule has 2 heterocycles. The van der Waals surface area contributed by atoms with Crippen LogP contribution in [0, 0.1) is 0 Å². The molecule has 2 aromatic heterocycles. The maximum Gasteiger partial charge on any atom is 0.330 e. The van der Waals surface area contributed by atoms with Crippen LogP contribution in [-0.2, 0) is 14.1 Å². The molecule has 7 heteroatoms. The molecular weight excluding hydrogens is 334 g/mol. The highest BCUT2D eigenvalue weighted by atomic mass is 16.5. The van der Waals surface area contributed by atoms with E-state index in [4.69, 9.17) is 4.74 Å². The Morgan fingerprint density at radius 3 is 2.31 bits per heavy atom. The van der Waals surface area contributed by atoms with E-state index in [0.717, 1.165) is 10.1 Å². The van der Waals surface area contributed by atoms with Gasteiger partial charge in [0.05, 0.1) is 36.4 Å². The van der Waals surface area contributed by atoms with Gasteiger partial charge in [0.15, 0.2) is 0 Å². The first-order chi connectivity index (χ1) is 12.4. The van der Waals surface area contributed by atoms with Gasteiger partial charge >= 0.3 is 5.69 Å². The van der Waals surface area contributed by atoms with Gasteiger partial charge in [0.1, 0.15) is 5.75 Å². The summed E-state index contributed by atoms with van der Waals surface area (Å²) in [5.41, 5.74) is 1.34. The van der Waals surface area contributed by atoms with Gasteiger partial charge in [-0.25, -0.2) is 4.79 Å². The van der Waals surface area contributed by atoms with Crippen LogP contribution in [0.15, 0.2) is 40.1 Å². The topological polar surface area (TPSA) is 78.4 Å². The number of rotatable bonds is 5. The second kappa shape index (κ2) is 6.84. The Labute approximate surface area is 150 Å². The number of aliphatic hydroxyl groups is 1. The summed E-state index contributed by atoms with van der Waals surface area (Å²) in [6, 6.07) is 7.20. The van der Waals surface area contributed by atoms with Crippen molar-refractivity contribution in [2.45, 2.75) is 19.4 Å². The van der Waals surface area contributed by atoms with Crippen LogP contribution in [0.1, 0.15) is 19.4 Å². The summed E-state index contributed by atoms with van der Waals surface area (Å²) >= 11 is 0. The van der Waals surface area contributed by atoms with Crippen molar-refractivity contribution in [2.75, 3.05) is 13.7 Å². The second-order valence-corrected chi connectivity index (χ2v) is 6.32. The fraction of sp³-hybridized carbons (Fsp3) is 0.368. The Morgan fingerprint density at radius 2 is 1.77 bits per heavy atom. The molecular formula is C19H23N3O4. The molecule has 7 nitrogen and oxygen atoms in total. The number of aromatic nitrogens is 3. The Hall–Kier alpha value is -2.80. The van der Waals surface area contributed by atoms with Crippen LogP contribution in [0.25, 0.3) is 22.2 Å². The molecule has 138 valence electrons. The van der Waals surface area contributed by atoms with Crippen LogP contribution in [0.4, 0.5) is 0 Å².